The molecule has 0 bridgehead atoms. The van der Waals surface area contributed by atoms with Crippen molar-refractivity contribution in [3.8, 4) is 0 Å². The van der Waals surface area contributed by atoms with Gasteiger partial charge < -0.3 is 5.11 Å². The minimum absolute atomic E-state index is 0.0454. The lowest BCUT2D eigenvalue weighted by Gasteiger charge is -2.18. The second kappa shape index (κ2) is 4.84. The van der Waals surface area contributed by atoms with Crippen LogP contribution in [-0.4, -0.2) is 29.2 Å². The van der Waals surface area contributed by atoms with Gasteiger partial charge >= 0.3 is 0 Å². The van der Waals surface area contributed by atoms with Crippen molar-refractivity contribution in [3.05, 3.63) is 34.3 Å². The minimum Gasteiger partial charge on any atom is -0.393 e. The standard InChI is InChI=1S/C15H20ClNO/c1-10-2-3-11(4-15(10)16)7-17-8-12-5-14(18)6-13(12)9-17/h2-4,12-14,18H,5-9H2,1H3/t12-,13+,14?. The van der Waals surface area contributed by atoms with E-state index in [9.17, 15) is 5.11 Å². The van der Waals surface area contributed by atoms with Crippen LogP contribution in [0.5, 0.6) is 0 Å². The number of hydrogen-bond donors (Lipinski definition) is 1. The maximum absolute atomic E-state index is 9.64. The molecular weight excluding hydrogens is 246 g/mol. The number of halogens is 1. The van der Waals surface area contributed by atoms with Crippen LogP contribution < -0.4 is 0 Å². The van der Waals surface area contributed by atoms with E-state index in [0.717, 1.165) is 43.1 Å². The highest BCUT2D eigenvalue weighted by molar-refractivity contribution is 6.31. The van der Waals surface area contributed by atoms with Gasteiger partial charge in [0.2, 0.25) is 0 Å². The van der Waals surface area contributed by atoms with Crippen molar-refractivity contribution in [1.82, 2.24) is 4.90 Å². The number of aliphatic hydroxyl groups excluding tert-OH is 1. The van der Waals surface area contributed by atoms with Crippen LogP contribution in [0.4, 0.5) is 0 Å². The lowest BCUT2D eigenvalue weighted by atomic mass is 10.0. The average Bonchev–Trinajstić information content (AvgIpc) is 2.80. The van der Waals surface area contributed by atoms with E-state index >= 15 is 0 Å². The molecule has 1 unspecified atom stereocenters. The van der Waals surface area contributed by atoms with Gasteiger partial charge in [-0.1, -0.05) is 23.7 Å². The Hall–Kier alpha value is -0.570. The van der Waals surface area contributed by atoms with Crippen molar-refractivity contribution >= 4 is 11.6 Å². The van der Waals surface area contributed by atoms with E-state index in [1.165, 1.54) is 5.56 Å². The second-order valence-electron chi connectivity index (χ2n) is 5.92. The average molecular weight is 266 g/mol. The maximum Gasteiger partial charge on any atom is 0.0546 e. The van der Waals surface area contributed by atoms with Crippen molar-refractivity contribution < 1.29 is 5.11 Å². The zero-order valence-corrected chi connectivity index (χ0v) is 11.5. The van der Waals surface area contributed by atoms with Gasteiger partial charge in [0.05, 0.1) is 6.10 Å². The molecule has 2 aliphatic rings. The van der Waals surface area contributed by atoms with Gasteiger partial charge in [0.25, 0.3) is 0 Å². The molecule has 1 aliphatic heterocycles. The van der Waals surface area contributed by atoms with E-state index in [1.54, 1.807) is 0 Å². The highest BCUT2D eigenvalue weighted by Crippen LogP contribution is 2.38. The summed E-state index contributed by atoms with van der Waals surface area (Å²) in [7, 11) is 0. The number of aryl methyl sites for hydroxylation is 1. The SMILES string of the molecule is Cc1ccc(CN2C[C@H]3CC(O)C[C@H]3C2)cc1Cl. The van der Waals surface area contributed by atoms with Crippen LogP contribution in [0.3, 0.4) is 0 Å². The predicted octanol–water partition coefficient (Wildman–Crippen LogP) is 2.85. The van der Waals surface area contributed by atoms with Crippen LogP contribution in [0.15, 0.2) is 18.2 Å². The second-order valence-corrected chi connectivity index (χ2v) is 6.33. The van der Waals surface area contributed by atoms with Crippen LogP contribution in [0.2, 0.25) is 5.02 Å². The summed E-state index contributed by atoms with van der Waals surface area (Å²) in [6, 6.07) is 6.35. The summed E-state index contributed by atoms with van der Waals surface area (Å²) >= 11 is 6.16. The van der Waals surface area contributed by atoms with E-state index in [2.05, 4.69) is 23.1 Å². The van der Waals surface area contributed by atoms with Crippen molar-refractivity contribution in [2.45, 2.75) is 32.4 Å². The smallest absolute Gasteiger partial charge is 0.0546 e. The number of likely N-dealkylation sites (tertiary alicyclic amines) is 1. The van der Waals surface area contributed by atoms with Crippen molar-refractivity contribution in [1.29, 1.82) is 0 Å². The summed E-state index contributed by atoms with van der Waals surface area (Å²) in [5.74, 6) is 1.42. The van der Waals surface area contributed by atoms with E-state index in [4.69, 9.17) is 11.6 Å². The molecule has 1 aliphatic carbocycles. The van der Waals surface area contributed by atoms with Crippen molar-refractivity contribution in [3.63, 3.8) is 0 Å². The zero-order chi connectivity index (χ0) is 12.7. The summed E-state index contributed by atoms with van der Waals surface area (Å²) in [6.45, 7) is 5.29. The molecule has 0 aromatic heterocycles. The molecule has 3 heteroatoms. The quantitative estimate of drug-likeness (QED) is 0.889. The fraction of sp³-hybridized carbons (Fsp3) is 0.600. The highest BCUT2D eigenvalue weighted by atomic mass is 35.5. The molecule has 1 saturated carbocycles. The summed E-state index contributed by atoms with van der Waals surface area (Å²) < 4.78 is 0. The topological polar surface area (TPSA) is 23.5 Å². The molecule has 1 aromatic carbocycles. The van der Waals surface area contributed by atoms with Crippen LogP contribution in [-0.2, 0) is 6.54 Å². The molecular formula is C15H20ClNO. The number of hydrogen-bond acceptors (Lipinski definition) is 2. The zero-order valence-electron chi connectivity index (χ0n) is 10.8. The van der Waals surface area contributed by atoms with Crippen LogP contribution in [0, 0.1) is 18.8 Å². The Bertz CT molecular complexity index is 434. The number of aliphatic hydroxyl groups is 1. The maximum atomic E-state index is 9.64. The molecule has 2 nitrogen and oxygen atoms in total. The van der Waals surface area contributed by atoms with Gasteiger partial charge in [-0.2, -0.15) is 0 Å². The van der Waals surface area contributed by atoms with Gasteiger partial charge in [0.15, 0.2) is 0 Å². The molecule has 1 heterocycles. The van der Waals surface area contributed by atoms with Crippen molar-refractivity contribution in [2.75, 3.05) is 13.1 Å². The molecule has 1 N–H and O–H groups in total. The Morgan fingerprint density at radius 1 is 1.28 bits per heavy atom. The molecule has 3 atom stereocenters. The molecule has 1 aromatic rings. The Morgan fingerprint density at radius 2 is 1.94 bits per heavy atom. The normalized spacial score (nSPS) is 31.8. The van der Waals surface area contributed by atoms with Crippen LogP contribution in [0.25, 0.3) is 0 Å². The fourth-order valence-corrected chi connectivity index (χ4v) is 3.69. The van der Waals surface area contributed by atoms with Gasteiger partial charge in [0, 0.05) is 24.7 Å². The highest BCUT2D eigenvalue weighted by Gasteiger charge is 2.39. The third kappa shape index (κ3) is 2.42. The number of nitrogens with zero attached hydrogens (tertiary/aromatic N) is 1. The Morgan fingerprint density at radius 3 is 2.56 bits per heavy atom. The summed E-state index contributed by atoms with van der Waals surface area (Å²) in [5.41, 5.74) is 2.44. The predicted molar refractivity (Wildman–Crippen MR) is 73.7 cm³/mol. The lowest BCUT2D eigenvalue weighted by molar-refractivity contribution is 0.161. The summed E-state index contributed by atoms with van der Waals surface area (Å²) in [6.07, 6.45) is 1.95. The Labute approximate surface area is 114 Å². The largest absolute Gasteiger partial charge is 0.393 e. The molecule has 3 rings (SSSR count). The molecule has 18 heavy (non-hydrogen) atoms. The molecule has 0 spiro atoms. The first-order chi connectivity index (χ1) is 8.61. The third-order valence-corrected chi connectivity index (χ3v) is 4.85. The summed E-state index contributed by atoms with van der Waals surface area (Å²) in [5, 5.41) is 10.5. The van der Waals surface area contributed by atoms with Crippen LogP contribution >= 0.6 is 11.6 Å². The first-order valence-electron chi connectivity index (χ1n) is 6.77. The van der Waals surface area contributed by atoms with Gasteiger partial charge in [-0.15, -0.1) is 0 Å². The third-order valence-electron chi connectivity index (χ3n) is 4.44. The van der Waals surface area contributed by atoms with E-state index in [0.29, 0.717) is 11.8 Å². The Balaban J connectivity index is 1.63. The number of fused-ring (bicyclic) bond motifs is 1. The monoisotopic (exact) mass is 265 g/mol. The fourth-order valence-electron chi connectivity index (χ4n) is 3.49. The molecule has 1 saturated heterocycles. The van der Waals surface area contributed by atoms with Gasteiger partial charge in [-0.25, -0.2) is 0 Å². The van der Waals surface area contributed by atoms with Gasteiger partial charge in [-0.05, 0) is 48.8 Å². The minimum atomic E-state index is -0.0454. The van der Waals surface area contributed by atoms with Gasteiger partial charge in [-0.3, -0.25) is 4.90 Å². The van der Waals surface area contributed by atoms with E-state index in [1.807, 2.05) is 6.92 Å². The molecule has 0 amide bonds. The lowest BCUT2D eigenvalue weighted by Crippen LogP contribution is -2.22. The molecule has 2 fully saturated rings. The molecule has 98 valence electrons. The van der Waals surface area contributed by atoms with Crippen molar-refractivity contribution in [2.24, 2.45) is 11.8 Å². The van der Waals surface area contributed by atoms with Crippen LogP contribution in [0.1, 0.15) is 24.0 Å². The number of benzene rings is 1. The molecule has 0 radical (unpaired) electrons. The first kappa shape index (κ1) is 12.5. The number of rotatable bonds is 2. The van der Waals surface area contributed by atoms with E-state index < -0.39 is 0 Å². The summed E-state index contributed by atoms with van der Waals surface area (Å²) in [4.78, 5) is 2.50. The Kier molecular flexibility index (Phi) is 3.35. The van der Waals surface area contributed by atoms with Gasteiger partial charge in [0.1, 0.15) is 0 Å². The first-order valence-corrected chi connectivity index (χ1v) is 7.15. The van der Waals surface area contributed by atoms with E-state index in [-0.39, 0.29) is 6.10 Å².